The monoisotopic (exact) mass is 374 g/mol. The van der Waals surface area contributed by atoms with Crippen LogP contribution in [0.5, 0.6) is 0 Å². The van der Waals surface area contributed by atoms with Gasteiger partial charge in [0, 0.05) is 6.54 Å². The predicted octanol–water partition coefficient (Wildman–Crippen LogP) is 2.82. The molecule has 5 nitrogen and oxygen atoms in total. The first-order valence-electron chi connectivity index (χ1n) is 8.58. The van der Waals surface area contributed by atoms with Gasteiger partial charge in [0.2, 0.25) is 15.9 Å². The summed E-state index contributed by atoms with van der Waals surface area (Å²) in [4.78, 5) is 12.5. The number of anilines is 1. The van der Waals surface area contributed by atoms with Crippen molar-refractivity contribution in [2.75, 3.05) is 17.1 Å². The van der Waals surface area contributed by atoms with Gasteiger partial charge in [0.05, 0.1) is 11.9 Å². The molecule has 0 aliphatic rings. The number of nitrogens with one attached hydrogen (secondary N) is 1. The first-order valence-corrected chi connectivity index (χ1v) is 10.4. The van der Waals surface area contributed by atoms with E-state index in [0.717, 1.165) is 22.9 Å². The number of hydrogen-bond acceptors (Lipinski definition) is 3. The molecule has 26 heavy (non-hydrogen) atoms. The zero-order valence-corrected chi connectivity index (χ0v) is 16.5. The number of hydrogen-bond donors (Lipinski definition) is 1. The molecule has 2 aromatic rings. The molecule has 1 amide bonds. The highest BCUT2D eigenvalue weighted by molar-refractivity contribution is 7.92. The average Bonchev–Trinajstić information content (AvgIpc) is 2.53. The van der Waals surface area contributed by atoms with Crippen molar-refractivity contribution in [3.63, 3.8) is 0 Å². The smallest absolute Gasteiger partial charge is 0.243 e. The van der Waals surface area contributed by atoms with Crippen LogP contribution >= 0.6 is 0 Å². The summed E-state index contributed by atoms with van der Waals surface area (Å²) in [6.07, 6.45) is 1.82. The normalized spacial score (nSPS) is 12.5. The van der Waals surface area contributed by atoms with E-state index in [1.54, 1.807) is 19.1 Å². The molecule has 0 aliphatic heterocycles. The Morgan fingerprint density at radius 1 is 1.08 bits per heavy atom. The van der Waals surface area contributed by atoms with Gasteiger partial charge in [-0.05, 0) is 56.0 Å². The first kappa shape index (κ1) is 20.0. The maximum atomic E-state index is 12.5. The Morgan fingerprint density at radius 3 is 2.19 bits per heavy atom. The Labute approximate surface area is 156 Å². The highest BCUT2D eigenvalue weighted by Gasteiger charge is 2.29. The van der Waals surface area contributed by atoms with Crippen molar-refractivity contribution in [1.29, 1.82) is 0 Å². The minimum atomic E-state index is -3.60. The number of carbonyl (C=O) groups is 1. The molecule has 0 aliphatic carbocycles. The molecule has 1 atom stereocenters. The average molecular weight is 375 g/mol. The van der Waals surface area contributed by atoms with Crippen molar-refractivity contribution in [2.24, 2.45) is 0 Å². The molecule has 0 aromatic heterocycles. The van der Waals surface area contributed by atoms with Crippen molar-refractivity contribution >= 4 is 21.6 Å². The third-order valence-electron chi connectivity index (χ3n) is 4.11. The topological polar surface area (TPSA) is 66.5 Å². The van der Waals surface area contributed by atoms with Crippen LogP contribution in [0.15, 0.2) is 48.5 Å². The second-order valence-electron chi connectivity index (χ2n) is 6.61. The Balaban J connectivity index is 2.13. The maximum Gasteiger partial charge on any atom is 0.243 e. The van der Waals surface area contributed by atoms with E-state index >= 15 is 0 Å². The lowest BCUT2D eigenvalue weighted by Gasteiger charge is -2.28. The van der Waals surface area contributed by atoms with Crippen molar-refractivity contribution in [1.82, 2.24) is 5.32 Å². The number of benzene rings is 2. The molecule has 2 aromatic carbocycles. The molecular formula is C20H26N2O3S. The molecule has 0 saturated heterocycles. The van der Waals surface area contributed by atoms with Crippen molar-refractivity contribution < 1.29 is 13.2 Å². The molecule has 2 rings (SSSR count). The Hall–Kier alpha value is -2.34. The zero-order chi connectivity index (χ0) is 19.3. The van der Waals surface area contributed by atoms with Crippen LogP contribution in [0.2, 0.25) is 0 Å². The van der Waals surface area contributed by atoms with Crippen LogP contribution in [-0.4, -0.2) is 33.2 Å². The Kier molecular flexibility index (Phi) is 6.42. The highest BCUT2D eigenvalue weighted by Crippen LogP contribution is 2.23. The minimum Gasteiger partial charge on any atom is -0.354 e. The molecule has 0 unspecified atom stereocenters. The van der Waals surface area contributed by atoms with E-state index in [2.05, 4.69) is 5.32 Å². The largest absolute Gasteiger partial charge is 0.354 e. The van der Waals surface area contributed by atoms with Gasteiger partial charge in [-0.15, -0.1) is 0 Å². The molecular weight excluding hydrogens is 348 g/mol. The van der Waals surface area contributed by atoms with Crippen LogP contribution < -0.4 is 9.62 Å². The van der Waals surface area contributed by atoms with Gasteiger partial charge in [-0.25, -0.2) is 8.42 Å². The van der Waals surface area contributed by atoms with Gasteiger partial charge in [0.1, 0.15) is 6.04 Å². The van der Waals surface area contributed by atoms with Crippen molar-refractivity contribution in [2.45, 2.75) is 33.2 Å². The van der Waals surface area contributed by atoms with Crippen LogP contribution in [0.4, 0.5) is 5.69 Å². The maximum absolute atomic E-state index is 12.5. The van der Waals surface area contributed by atoms with Gasteiger partial charge in [-0.1, -0.05) is 36.4 Å². The lowest BCUT2D eigenvalue weighted by Crippen LogP contribution is -2.48. The van der Waals surface area contributed by atoms with Gasteiger partial charge in [-0.3, -0.25) is 9.10 Å². The minimum absolute atomic E-state index is 0.314. The first-order chi connectivity index (χ1) is 12.2. The van der Waals surface area contributed by atoms with Crippen LogP contribution in [0.25, 0.3) is 0 Å². The SMILES string of the molecule is Cc1cc(C)cc(N([C@H](C)C(=O)NCCc2ccccc2)S(C)(=O)=O)c1. The summed E-state index contributed by atoms with van der Waals surface area (Å²) >= 11 is 0. The van der Waals surface area contributed by atoms with E-state index in [1.807, 2.05) is 50.2 Å². The summed E-state index contributed by atoms with van der Waals surface area (Å²) in [6.45, 7) is 5.87. The Morgan fingerprint density at radius 2 is 1.65 bits per heavy atom. The second-order valence-corrected chi connectivity index (χ2v) is 8.47. The quantitative estimate of drug-likeness (QED) is 0.810. The van der Waals surface area contributed by atoms with Gasteiger partial charge in [-0.2, -0.15) is 0 Å². The molecule has 0 saturated carbocycles. The standard InChI is InChI=1S/C20H26N2O3S/c1-15-12-16(2)14-19(13-15)22(26(4,24)25)17(3)20(23)21-11-10-18-8-6-5-7-9-18/h5-9,12-14,17H,10-11H2,1-4H3,(H,21,23)/t17-/m1/s1. The van der Waals surface area contributed by atoms with Gasteiger partial charge in [0.15, 0.2) is 0 Å². The predicted molar refractivity (Wildman–Crippen MR) is 106 cm³/mol. The number of carbonyl (C=O) groups excluding carboxylic acids is 1. The van der Waals surface area contributed by atoms with E-state index in [1.165, 1.54) is 4.31 Å². The van der Waals surface area contributed by atoms with Crippen LogP contribution in [-0.2, 0) is 21.2 Å². The van der Waals surface area contributed by atoms with E-state index in [-0.39, 0.29) is 5.91 Å². The molecule has 1 N–H and O–H groups in total. The number of sulfonamides is 1. The molecule has 0 heterocycles. The summed E-state index contributed by atoms with van der Waals surface area (Å²) in [7, 11) is -3.60. The number of rotatable bonds is 7. The van der Waals surface area contributed by atoms with Crippen molar-refractivity contribution in [3.05, 3.63) is 65.2 Å². The van der Waals surface area contributed by atoms with Gasteiger partial charge in [0.25, 0.3) is 0 Å². The molecule has 6 heteroatoms. The van der Waals surface area contributed by atoms with Crippen LogP contribution in [0, 0.1) is 13.8 Å². The van der Waals surface area contributed by atoms with E-state index in [0.29, 0.717) is 18.7 Å². The summed E-state index contributed by atoms with van der Waals surface area (Å²) in [5.41, 5.74) is 3.53. The molecule has 140 valence electrons. The van der Waals surface area contributed by atoms with Crippen molar-refractivity contribution in [3.8, 4) is 0 Å². The fourth-order valence-corrected chi connectivity index (χ4v) is 4.17. The zero-order valence-electron chi connectivity index (χ0n) is 15.7. The fraction of sp³-hybridized carbons (Fsp3) is 0.350. The highest BCUT2D eigenvalue weighted by atomic mass is 32.2. The van der Waals surface area contributed by atoms with Crippen LogP contribution in [0.3, 0.4) is 0 Å². The van der Waals surface area contributed by atoms with Gasteiger partial charge >= 0.3 is 0 Å². The molecule has 0 radical (unpaired) electrons. The third kappa shape index (κ3) is 5.33. The summed E-state index contributed by atoms with van der Waals surface area (Å²) in [5.74, 6) is -0.314. The Bertz CT molecular complexity index is 844. The molecule has 0 bridgehead atoms. The summed E-state index contributed by atoms with van der Waals surface area (Å²) in [6, 6.07) is 14.5. The lowest BCUT2D eigenvalue weighted by atomic mass is 10.1. The molecule has 0 spiro atoms. The fourth-order valence-electron chi connectivity index (χ4n) is 3.01. The van der Waals surface area contributed by atoms with Crippen LogP contribution in [0.1, 0.15) is 23.6 Å². The summed E-state index contributed by atoms with van der Waals surface area (Å²) in [5, 5.41) is 2.84. The molecule has 0 fully saturated rings. The number of amides is 1. The van der Waals surface area contributed by atoms with E-state index in [4.69, 9.17) is 0 Å². The lowest BCUT2D eigenvalue weighted by molar-refractivity contribution is -0.121. The van der Waals surface area contributed by atoms with E-state index < -0.39 is 16.1 Å². The second kappa shape index (κ2) is 8.36. The van der Waals surface area contributed by atoms with Gasteiger partial charge < -0.3 is 5.32 Å². The number of aryl methyl sites for hydroxylation is 2. The van der Waals surface area contributed by atoms with E-state index in [9.17, 15) is 13.2 Å². The summed E-state index contributed by atoms with van der Waals surface area (Å²) < 4.78 is 25.9. The number of nitrogens with zero attached hydrogens (tertiary/aromatic N) is 1. The third-order valence-corrected chi connectivity index (χ3v) is 5.35.